The zero-order valence-electron chi connectivity index (χ0n) is 21.8. The van der Waals surface area contributed by atoms with Gasteiger partial charge in [-0.05, 0) is 19.4 Å². The quantitative estimate of drug-likeness (QED) is 0.0814. The summed E-state index contributed by atoms with van der Waals surface area (Å²) in [5.41, 5.74) is 13.1. The molecule has 0 fully saturated rings. The van der Waals surface area contributed by atoms with E-state index in [4.69, 9.17) is 11.5 Å². The maximum atomic E-state index is 13.5. The van der Waals surface area contributed by atoms with Crippen LogP contribution in [0, 0.1) is 0 Å². The van der Waals surface area contributed by atoms with Crippen molar-refractivity contribution in [3.63, 3.8) is 0 Å². The van der Waals surface area contributed by atoms with E-state index in [9.17, 15) is 24.3 Å². The first-order chi connectivity index (χ1) is 19.3. The Morgan fingerprint density at radius 3 is 1.55 bits per heavy atom. The Morgan fingerprint density at radius 2 is 1.15 bits per heavy atom. The molecule has 0 aliphatic rings. The number of nitrogens with two attached hydrogens (primary N) is 2. The average molecular weight is 558 g/mol. The SMILES string of the molecule is NCCCCC(N)C(=O)NC(Cc1cnc[nH]1)C(=O)NC(Cc1cnc[nH]1)C(=O)NC(Cc1cnc[nH]1)C(=O)O. The molecule has 0 bridgehead atoms. The van der Waals surface area contributed by atoms with Crippen LogP contribution in [-0.4, -0.2) is 89.4 Å². The number of aromatic amines is 3. The molecule has 0 saturated carbocycles. The van der Waals surface area contributed by atoms with Crippen LogP contribution in [0.2, 0.25) is 0 Å². The highest BCUT2D eigenvalue weighted by Gasteiger charge is 2.31. The minimum Gasteiger partial charge on any atom is -0.480 e. The zero-order valence-corrected chi connectivity index (χ0v) is 21.8. The monoisotopic (exact) mass is 557 g/mol. The normalized spacial score (nSPS) is 14.1. The zero-order chi connectivity index (χ0) is 28.9. The minimum absolute atomic E-state index is 0.0166. The minimum atomic E-state index is -1.29. The molecular formula is C24H35N11O5. The standard InChI is InChI=1S/C24H35N11O5/c25-4-2-1-3-17(26)21(36)33-18(5-14-8-27-11-30-14)22(37)34-19(6-15-9-28-12-31-15)23(38)35-20(24(39)40)7-16-10-29-13-32-16/h8-13,17-20H,1-7,25-26H2,(H,27,30)(H,28,31)(H,29,32)(H,33,36)(H,34,37)(H,35,38)(H,39,40). The number of H-pyrrole nitrogens is 3. The van der Waals surface area contributed by atoms with E-state index in [2.05, 4.69) is 45.9 Å². The Balaban J connectivity index is 1.75. The van der Waals surface area contributed by atoms with Gasteiger partial charge in [0.05, 0.1) is 25.0 Å². The molecule has 216 valence electrons. The van der Waals surface area contributed by atoms with Gasteiger partial charge in [-0.2, -0.15) is 0 Å². The van der Waals surface area contributed by atoms with Gasteiger partial charge in [0.15, 0.2) is 0 Å². The number of hydrogen-bond acceptors (Lipinski definition) is 9. The molecule has 0 saturated heterocycles. The first-order valence-corrected chi connectivity index (χ1v) is 12.8. The van der Waals surface area contributed by atoms with E-state index in [-0.39, 0.29) is 19.3 Å². The van der Waals surface area contributed by atoms with E-state index in [0.717, 1.165) is 0 Å². The fraction of sp³-hybridized carbons (Fsp3) is 0.458. The molecule has 0 aliphatic carbocycles. The van der Waals surface area contributed by atoms with Crippen molar-refractivity contribution < 1.29 is 24.3 Å². The summed E-state index contributed by atoms with van der Waals surface area (Å²) in [6, 6.07) is -4.45. The third kappa shape index (κ3) is 9.32. The number of nitrogens with zero attached hydrogens (tertiary/aromatic N) is 3. The van der Waals surface area contributed by atoms with Crippen molar-refractivity contribution in [1.29, 1.82) is 0 Å². The van der Waals surface area contributed by atoms with Gasteiger partial charge in [-0.15, -0.1) is 0 Å². The van der Waals surface area contributed by atoms with Crippen LogP contribution in [0.25, 0.3) is 0 Å². The maximum Gasteiger partial charge on any atom is 0.326 e. The van der Waals surface area contributed by atoms with Gasteiger partial charge in [-0.3, -0.25) is 14.4 Å². The largest absolute Gasteiger partial charge is 0.480 e. The average Bonchev–Trinajstić information content (AvgIpc) is 3.72. The lowest BCUT2D eigenvalue weighted by atomic mass is 10.1. The number of carboxylic acids is 1. The van der Waals surface area contributed by atoms with Crippen molar-refractivity contribution in [1.82, 2.24) is 45.9 Å². The molecule has 0 aromatic carbocycles. The number of amides is 3. The number of unbranched alkanes of at least 4 members (excludes halogenated alkanes) is 1. The van der Waals surface area contributed by atoms with Gasteiger partial charge < -0.3 is 47.5 Å². The topological polar surface area (TPSA) is 263 Å². The summed E-state index contributed by atoms with van der Waals surface area (Å²) in [6.07, 6.45) is 10.4. The molecule has 3 rings (SSSR count). The molecule has 3 heterocycles. The van der Waals surface area contributed by atoms with Crippen LogP contribution in [0.5, 0.6) is 0 Å². The lowest BCUT2D eigenvalue weighted by Crippen LogP contribution is -2.58. The number of hydrogen-bond donors (Lipinski definition) is 9. The third-order valence-electron chi connectivity index (χ3n) is 6.12. The molecule has 3 aromatic heterocycles. The number of aliphatic carboxylic acids is 1. The van der Waals surface area contributed by atoms with E-state index in [1.54, 1.807) is 0 Å². The molecule has 16 heteroatoms. The Labute approximate surface area is 229 Å². The first kappa shape index (κ1) is 30.0. The second kappa shape index (κ2) is 15.1. The van der Waals surface area contributed by atoms with Gasteiger partial charge in [0.2, 0.25) is 17.7 Å². The molecule has 3 aromatic rings. The number of aromatic nitrogens is 6. The number of carboxylic acid groups (broad SMARTS) is 1. The van der Waals surface area contributed by atoms with E-state index in [0.29, 0.717) is 42.9 Å². The summed E-state index contributed by atoms with van der Waals surface area (Å²) in [5, 5.41) is 17.5. The Kier molecular flexibility index (Phi) is 11.3. The van der Waals surface area contributed by atoms with Crippen molar-refractivity contribution in [3.05, 3.63) is 54.7 Å². The van der Waals surface area contributed by atoms with Crippen LogP contribution in [0.1, 0.15) is 36.3 Å². The van der Waals surface area contributed by atoms with Crippen LogP contribution < -0.4 is 27.4 Å². The van der Waals surface area contributed by atoms with E-state index >= 15 is 0 Å². The molecule has 0 radical (unpaired) electrons. The van der Waals surface area contributed by atoms with Gasteiger partial charge in [-0.1, -0.05) is 6.42 Å². The van der Waals surface area contributed by atoms with E-state index in [1.807, 2.05) is 0 Å². The summed E-state index contributed by atoms with van der Waals surface area (Å²) in [6.45, 7) is 0.476. The number of carbonyl (C=O) groups excluding carboxylic acids is 3. The molecule has 40 heavy (non-hydrogen) atoms. The van der Waals surface area contributed by atoms with Crippen molar-refractivity contribution in [2.45, 2.75) is 62.7 Å². The molecule has 0 aliphatic heterocycles. The lowest BCUT2D eigenvalue weighted by molar-refractivity contribution is -0.142. The van der Waals surface area contributed by atoms with Gasteiger partial charge in [0.25, 0.3) is 0 Å². The molecule has 16 nitrogen and oxygen atoms in total. The van der Waals surface area contributed by atoms with E-state index in [1.165, 1.54) is 37.6 Å². The number of nitrogens with one attached hydrogen (secondary N) is 6. The summed E-state index contributed by atoms with van der Waals surface area (Å²) in [4.78, 5) is 71.7. The highest BCUT2D eigenvalue weighted by atomic mass is 16.4. The Morgan fingerprint density at radius 1 is 0.725 bits per heavy atom. The predicted octanol–water partition coefficient (Wildman–Crippen LogP) is -2.12. The molecule has 11 N–H and O–H groups in total. The Bertz CT molecular complexity index is 1200. The van der Waals surface area contributed by atoms with Gasteiger partial charge >= 0.3 is 5.97 Å². The van der Waals surface area contributed by atoms with Gasteiger partial charge in [0.1, 0.15) is 18.1 Å². The smallest absolute Gasteiger partial charge is 0.326 e. The second-order valence-electron chi connectivity index (χ2n) is 9.26. The van der Waals surface area contributed by atoms with Crippen LogP contribution in [-0.2, 0) is 38.4 Å². The Hall–Kier alpha value is -4.57. The first-order valence-electron chi connectivity index (χ1n) is 12.8. The summed E-state index contributed by atoms with van der Waals surface area (Å²) in [5.74, 6) is -3.20. The summed E-state index contributed by atoms with van der Waals surface area (Å²) in [7, 11) is 0. The van der Waals surface area contributed by atoms with Gasteiger partial charge in [-0.25, -0.2) is 19.7 Å². The number of imidazole rings is 3. The van der Waals surface area contributed by atoms with Crippen LogP contribution in [0.15, 0.2) is 37.6 Å². The molecule has 4 atom stereocenters. The lowest BCUT2D eigenvalue weighted by Gasteiger charge is -2.25. The molecular weight excluding hydrogens is 522 g/mol. The molecule has 3 amide bonds. The van der Waals surface area contributed by atoms with Gasteiger partial charge in [0, 0.05) is 54.9 Å². The summed E-state index contributed by atoms with van der Waals surface area (Å²) >= 11 is 0. The van der Waals surface area contributed by atoms with Crippen molar-refractivity contribution >= 4 is 23.7 Å². The maximum absolute atomic E-state index is 13.5. The van der Waals surface area contributed by atoms with E-state index < -0.39 is 47.9 Å². The fourth-order valence-electron chi connectivity index (χ4n) is 3.93. The number of rotatable bonds is 17. The highest BCUT2D eigenvalue weighted by molar-refractivity contribution is 5.94. The molecule has 0 spiro atoms. The fourth-order valence-corrected chi connectivity index (χ4v) is 3.93. The molecule has 4 unspecified atom stereocenters. The predicted molar refractivity (Wildman–Crippen MR) is 141 cm³/mol. The van der Waals surface area contributed by atoms with Crippen molar-refractivity contribution in [3.8, 4) is 0 Å². The second-order valence-corrected chi connectivity index (χ2v) is 9.26. The highest BCUT2D eigenvalue weighted by Crippen LogP contribution is 2.06. The van der Waals surface area contributed by atoms with Crippen molar-refractivity contribution in [2.24, 2.45) is 11.5 Å². The number of carbonyl (C=O) groups is 4. The summed E-state index contributed by atoms with van der Waals surface area (Å²) < 4.78 is 0. The van der Waals surface area contributed by atoms with Crippen LogP contribution >= 0.6 is 0 Å². The third-order valence-corrected chi connectivity index (χ3v) is 6.12. The van der Waals surface area contributed by atoms with Crippen LogP contribution in [0.3, 0.4) is 0 Å². The van der Waals surface area contributed by atoms with Crippen LogP contribution in [0.4, 0.5) is 0 Å². The van der Waals surface area contributed by atoms with Crippen molar-refractivity contribution in [2.75, 3.05) is 6.54 Å².